The summed E-state index contributed by atoms with van der Waals surface area (Å²) in [6.07, 6.45) is 4.07. The number of allylic oxidation sites excluding steroid dienone is 2. The third-order valence-electron chi connectivity index (χ3n) is 5.29. The Bertz CT molecular complexity index is 722. The first-order chi connectivity index (χ1) is 11.4. The molecule has 0 radical (unpaired) electrons. The molecule has 5 rings (SSSR count). The Morgan fingerprint density at radius 2 is 1.67 bits per heavy atom. The fourth-order valence-electron chi connectivity index (χ4n) is 4.45. The molecule has 5 heteroatoms. The lowest BCUT2D eigenvalue weighted by molar-refractivity contribution is -0.125. The van der Waals surface area contributed by atoms with Crippen molar-refractivity contribution in [2.45, 2.75) is 32.5 Å². The Balaban J connectivity index is 1.69. The van der Waals surface area contributed by atoms with Gasteiger partial charge in [0.1, 0.15) is 0 Å². The summed E-state index contributed by atoms with van der Waals surface area (Å²) in [5.74, 6) is 0.652. The number of hydrogen-bond donors (Lipinski definition) is 0. The summed E-state index contributed by atoms with van der Waals surface area (Å²) >= 11 is 0. The summed E-state index contributed by atoms with van der Waals surface area (Å²) in [7, 11) is -1.72. The molecule has 1 aromatic rings. The number of para-hydroxylation sites is 1. The monoisotopic (exact) mass is 341 g/mol. The molecule has 1 saturated heterocycles. The number of rotatable bonds is 3. The van der Waals surface area contributed by atoms with Crippen molar-refractivity contribution < 1.29 is 14.0 Å². The number of nitrogens with zero attached hydrogens (tertiary/aromatic N) is 1. The van der Waals surface area contributed by atoms with Crippen LogP contribution in [0.2, 0.25) is 19.6 Å². The van der Waals surface area contributed by atoms with Gasteiger partial charge in [-0.25, -0.2) is 0 Å². The van der Waals surface area contributed by atoms with E-state index in [0.29, 0.717) is 5.69 Å². The Kier molecular flexibility index (Phi) is 3.46. The molecule has 2 amide bonds. The van der Waals surface area contributed by atoms with Gasteiger partial charge in [-0.1, -0.05) is 18.2 Å². The van der Waals surface area contributed by atoms with Crippen molar-refractivity contribution >= 4 is 25.8 Å². The minimum atomic E-state index is -1.72. The predicted molar refractivity (Wildman–Crippen MR) is 94.6 cm³/mol. The first kappa shape index (κ1) is 15.6. The van der Waals surface area contributed by atoms with Crippen molar-refractivity contribution in [1.82, 2.24) is 0 Å². The molecule has 3 aliphatic carbocycles. The summed E-state index contributed by atoms with van der Waals surface area (Å²) in [5, 5.41) is 0. The lowest BCUT2D eigenvalue weighted by atomic mass is 9.62. The maximum atomic E-state index is 13.1. The molecule has 1 saturated carbocycles. The van der Waals surface area contributed by atoms with E-state index in [-0.39, 0.29) is 35.5 Å². The van der Waals surface area contributed by atoms with Crippen molar-refractivity contribution in [2.75, 3.05) is 4.90 Å². The highest BCUT2D eigenvalue weighted by atomic mass is 28.4. The fourth-order valence-corrected chi connectivity index (χ4v) is 5.38. The van der Waals surface area contributed by atoms with Crippen LogP contribution in [0.1, 0.15) is 12.8 Å². The van der Waals surface area contributed by atoms with Gasteiger partial charge in [0.25, 0.3) is 0 Å². The van der Waals surface area contributed by atoms with Crippen molar-refractivity contribution in [2.24, 2.45) is 23.7 Å². The van der Waals surface area contributed by atoms with E-state index in [9.17, 15) is 9.59 Å². The van der Waals surface area contributed by atoms with Gasteiger partial charge in [0.15, 0.2) is 0 Å². The van der Waals surface area contributed by atoms with Gasteiger partial charge in [-0.15, -0.1) is 0 Å². The highest BCUT2D eigenvalue weighted by Crippen LogP contribution is 2.53. The summed E-state index contributed by atoms with van der Waals surface area (Å²) < 4.78 is 6.26. The molecule has 24 heavy (non-hydrogen) atoms. The molecular formula is C19H23NO3Si. The maximum absolute atomic E-state index is 13.1. The van der Waals surface area contributed by atoms with Gasteiger partial charge in [0.05, 0.1) is 23.3 Å². The summed E-state index contributed by atoms with van der Waals surface area (Å²) in [4.78, 5) is 27.5. The van der Waals surface area contributed by atoms with Crippen LogP contribution in [0.15, 0.2) is 42.2 Å². The Hall–Kier alpha value is -1.88. The molecule has 1 aromatic carbocycles. The Morgan fingerprint density at radius 3 is 2.33 bits per heavy atom. The average Bonchev–Trinajstić information content (AvgIpc) is 2.80. The van der Waals surface area contributed by atoms with Gasteiger partial charge < -0.3 is 4.43 Å². The van der Waals surface area contributed by atoms with E-state index in [1.807, 2.05) is 30.3 Å². The van der Waals surface area contributed by atoms with Crippen LogP contribution in [0.4, 0.5) is 5.69 Å². The fraction of sp³-hybridized carbons (Fsp3) is 0.474. The maximum Gasteiger partial charge on any atom is 0.241 e. The zero-order chi connectivity index (χ0) is 17.1. The topological polar surface area (TPSA) is 46.6 Å². The molecule has 4 nitrogen and oxygen atoms in total. The van der Waals surface area contributed by atoms with Gasteiger partial charge in [-0.2, -0.15) is 0 Å². The molecule has 2 fully saturated rings. The van der Waals surface area contributed by atoms with E-state index in [1.54, 1.807) is 0 Å². The minimum absolute atomic E-state index is 0.0331. The third-order valence-corrected chi connectivity index (χ3v) is 6.13. The molecule has 2 bridgehead atoms. The van der Waals surface area contributed by atoms with Gasteiger partial charge in [0.2, 0.25) is 20.1 Å². The molecule has 1 aliphatic heterocycles. The van der Waals surface area contributed by atoms with Gasteiger partial charge in [0, 0.05) is 5.92 Å². The number of amides is 2. The summed E-state index contributed by atoms with van der Waals surface area (Å²) in [5.41, 5.74) is 0.689. The number of hydrogen-bond acceptors (Lipinski definition) is 3. The average molecular weight is 341 g/mol. The molecule has 0 unspecified atom stereocenters. The standard InChI is InChI=1S/C19H23NO3Si/c1-24(2,3)23-15-11-12-9-10-14(15)17-16(12)18(21)20(19(17)22)13-7-5-4-6-8-13/h4-8,11-12,14,16-17H,9-10H2,1-3H3/t12-,14+,16+,17-/m0/s1. The van der Waals surface area contributed by atoms with Gasteiger partial charge in [-0.3, -0.25) is 14.5 Å². The second-order valence-corrected chi connectivity index (χ2v) is 12.5. The van der Waals surface area contributed by atoms with E-state index in [0.717, 1.165) is 18.6 Å². The number of carbonyl (C=O) groups is 2. The highest BCUT2D eigenvalue weighted by Gasteiger charge is 2.59. The normalized spacial score (nSPS) is 32.0. The molecule has 0 aromatic heterocycles. The van der Waals surface area contributed by atoms with Crippen LogP contribution in [0.25, 0.3) is 0 Å². The van der Waals surface area contributed by atoms with Crippen molar-refractivity contribution in [3.05, 3.63) is 42.2 Å². The van der Waals surface area contributed by atoms with Crippen LogP contribution >= 0.6 is 0 Å². The second kappa shape index (κ2) is 5.31. The quantitative estimate of drug-likeness (QED) is 0.624. The lowest BCUT2D eigenvalue weighted by Crippen LogP contribution is -2.43. The zero-order valence-corrected chi connectivity index (χ0v) is 15.4. The van der Waals surface area contributed by atoms with Gasteiger partial charge >= 0.3 is 0 Å². The largest absolute Gasteiger partial charge is 0.547 e. The molecule has 1 heterocycles. The van der Waals surface area contributed by atoms with E-state index in [2.05, 4.69) is 25.7 Å². The van der Waals surface area contributed by atoms with Crippen LogP contribution < -0.4 is 4.90 Å². The van der Waals surface area contributed by atoms with Crippen LogP contribution in [0.5, 0.6) is 0 Å². The Morgan fingerprint density at radius 1 is 1.00 bits per heavy atom. The summed E-state index contributed by atoms with van der Waals surface area (Å²) in [6.45, 7) is 6.47. The molecular weight excluding hydrogens is 318 g/mol. The number of imide groups is 1. The number of anilines is 1. The van der Waals surface area contributed by atoms with Crippen LogP contribution in [0, 0.1) is 23.7 Å². The molecule has 4 aliphatic rings. The second-order valence-electron chi connectivity index (χ2n) is 8.03. The first-order valence-corrected chi connectivity index (χ1v) is 12.1. The molecule has 126 valence electrons. The smallest absolute Gasteiger partial charge is 0.241 e. The van der Waals surface area contributed by atoms with Crippen molar-refractivity contribution in [1.29, 1.82) is 0 Å². The van der Waals surface area contributed by atoms with Crippen molar-refractivity contribution in [3.63, 3.8) is 0 Å². The first-order valence-electron chi connectivity index (χ1n) is 8.70. The van der Waals surface area contributed by atoms with Crippen LogP contribution in [-0.4, -0.2) is 20.1 Å². The Labute approximate surface area is 143 Å². The zero-order valence-electron chi connectivity index (χ0n) is 14.4. The molecule has 0 N–H and O–H groups in total. The summed E-state index contributed by atoms with van der Waals surface area (Å²) in [6, 6.07) is 9.30. The van der Waals surface area contributed by atoms with E-state index in [4.69, 9.17) is 4.43 Å². The van der Waals surface area contributed by atoms with Gasteiger partial charge in [-0.05, 0) is 56.6 Å². The predicted octanol–water partition coefficient (Wildman–Crippen LogP) is 3.57. The number of carbonyl (C=O) groups excluding carboxylic acids is 2. The lowest BCUT2D eigenvalue weighted by Gasteiger charge is -2.43. The van der Waals surface area contributed by atoms with Crippen LogP contribution in [0.3, 0.4) is 0 Å². The minimum Gasteiger partial charge on any atom is -0.547 e. The van der Waals surface area contributed by atoms with E-state index < -0.39 is 8.32 Å². The van der Waals surface area contributed by atoms with Crippen molar-refractivity contribution in [3.8, 4) is 0 Å². The molecule has 0 spiro atoms. The van der Waals surface area contributed by atoms with E-state index >= 15 is 0 Å². The molecule has 4 atom stereocenters. The third kappa shape index (κ3) is 2.33. The SMILES string of the molecule is C[Si](C)(C)OC1=C[C@@H]2CC[C@H]1[C@@H]1C(=O)N(c3ccccc3)C(=O)[C@@H]12. The number of benzene rings is 1. The van der Waals surface area contributed by atoms with Crippen LogP contribution in [-0.2, 0) is 14.0 Å². The number of fused-ring (bicyclic) bond motifs is 1. The highest BCUT2D eigenvalue weighted by molar-refractivity contribution is 6.70. The van der Waals surface area contributed by atoms with E-state index in [1.165, 1.54) is 4.90 Å².